The molecule has 10 heteroatoms. The van der Waals surface area contributed by atoms with Gasteiger partial charge in [0, 0.05) is 6.20 Å². The van der Waals surface area contributed by atoms with E-state index in [9.17, 15) is 18.9 Å². The zero-order valence-electron chi connectivity index (χ0n) is 13.7. The van der Waals surface area contributed by atoms with E-state index < -0.39 is 22.7 Å². The quantitative estimate of drug-likeness (QED) is 0.520. The normalized spacial score (nSPS) is 16.6. The number of hydrogen-bond donors (Lipinski definition) is 0. The second kappa shape index (κ2) is 6.56. The number of aliphatic imine (C=N–C) groups is 1. The lowest BCUT2D eigenvalue weighted by molar-refractivity contribution is -0.415. The Morgan fingerprint density at radius 3 is 2.67 bits per heavy atom. The van der Waals surface area contributed by atoms with Crippen molar-refractivity contribution in [3.8, 4) is 0 Å². The van der Waals surface area contributed by atoms with E-state index in [0.717, 1.165) is 12.4 Å². The molecular weight excluding hydrogens is 358 g/mol. The average Bonchev–Trinajstić information content (AvgIpc) is 3.06. The van der Waals surface area contributed by atoms with Crippen molar-refractivity contribution < 1.29 is 13.7 Å². The smallest absolute Gasteiger partial charge is 0.302 e. The van der Waals surface area contributed by atoms with Crippen LogP contribution < -0.4 is 0 Å². The van der Waals surface area contributed by atoms with Crippen molar-refractivity contribution in [3.63, 3.8) is 0 Å². The van der Waals surface area contributed by atoms with Crippen molar-refractivity contribution in [2.75, 3.05) is 0 Å². The van der Waals surface area contributed by atoms with Crippen LogP contribution in [-0.2, 0) is 6.54 Å². The molecule has 4 heterocycles. The summed E-state index contributed by atoms with van der Waals surface area (Å²) in [7, 11) is 0. The predicted molar refractivity (Wildman–Crippen MR) is 91.2 cm³/mol. The fourth-order valence-electron chi connectivity index (χ4n) is 2.83. The van der Waals surface area contributed by atoms with Crippen LogP contribution in [0.5, 0.6) is 0 Å². The molecule has 4 rings (SSSR count). The molecule has 8 nitrogen and oxygen atoms in total. The average molecular weight is 370 g/mol. The Kier molecular flexibility index (Phi) is 4.07. The summed E-state index contributed by atoms with van der Waals surface area (Å²) in [5.74, 6) is -0.930. The highest BCUT2D eigenvalue weighted by Crippen LogP contribution is 2.28. The maximum absolute atomic E-state index is 13.7. The second-order valence-corrected chi connectivity index (χ2v) is 5.86. The Hall–Kier alpha value is -3.69. The molecule has 0 aromatic carbocycles. The summed E-state index contributed by atoms with van der Waals surface area (Å²) in [6.07, 6.45) is 5.68. The molecule has 1 unspecified atom stereocenters. The molecule has 0 radical (unpaired) electrons. The van der Waals surface area contributed by atoms with Gasteiger partial charge in [0.15, 0.2) is 6.17 Å². The van der Waals surface area contributed by atoms with E-state index in [1.54, 1.807) is 4.90 Å². The number of allylic oxidation sites excluding steroid dienone is 1. The van der Waals surface area contributed by atoms with E-state index in [0.29, 0.717) is 17.0 Å². The molecule has 1 aliphatic rings. The third-order valence-corrected chi connectivity index (χ3v) is 4.07. The van der Waals surface area contributed by atoms with Gasteiger partial charge in [-0.05, 0) is 24.3 Å². The van der Waals surface area contributed by atoms with Gasteiger partial charge in [-0.2, -0.15) is 0 Å². The zero-order valence-corrected chi connectivity index (χ0v) is 13.7. The predicted octanol–water partition coefficient (Wildman–Crippen LogP) is 2.71. The summed E-state index contributed by atoms with van der Waals surface area (Å²) in [5, 5.41) is 11.1. The fraction of sp³-hybridized carbons (Fsp3) is 0.118. The first kappa shape index (κ1) is 16.8. The van der Waals surface area contributed by atoms with Gasteiger partial charge in [-0.3, -0.25) is 24.5 Å². The lowest BCUT2D eigenvalue weighted by Gasteiger charge is -2.28. The molecule has 136 valence electrons. The van der Waals surface area contributed by atoms with Gasteiger partial charge in [0.25, 0.3) is 0 Å². The van der Waals surface area contributed by atoms with E-state index in [-0.39, 0.29) is 12.2 Å². The Labute approximate surface area is 151 Å². The molecule has 0 bridgehead atoms. The molecule has 0 N–H and O–H groups in total. The molecule has 0 fully saturated rings. The Balaban J connectivity index is 1.74. The van der Waals surface area contributed by atoms with Crippen LogP contribution in [0.2, 0.25) is 0 Å². The highest BCUT2D eigenvalue weighted by Gasteiger charge is 2.27. The van der Waals surface area contributed by atoms with Gasteiger partial charge < -0.3 is 4.90 Å². The summed E-state index contributed by atoms with van der Waals surface area (Å²) >= 11 is 0. The first-order chi connectivity index (χ1) is 13.0. The van der Waals surface area contributed by atoms with Gasteiger partial charge in [-0.1, -0.05) is 0 Å². The van der Waals surface area contributed by atoms with Gasteiger partial charge in [0.05, 0.1) is 41.4 Å². The van der Waals surface area contributed by atoms with Crippen LogP contribution in [0.25, 0.3) is 5.65 Å². The van der Waals surface area contributed by atoms with Crippen LogP contribution in [0.3, 0.4) is 0 Å². The van der Waals surface area contributed by atoms with Crippen LogP contribution in [0, 0.1) is 21.7 Å². The van der Waals surface area contributed by atoms with Crippen molar-refractivity contribution in [3.05, 3.63) is 87.9 Å². The number of pyridine rings is 2. The van der Waals surface area contributed by atoms with Crippen LogP contribution in [0.15, 0.2) is 59.7 Å². The van der Waals surface area contributed by atoms with Gasteiger partial charge in [0.1, 0.15) is 23.5 Å². The molecule has 0 spiro atoms. The first-order valence-electron chi connectivity index (χ1n) is 7.89. The number of aromatic nitrogens is 3. The molecule has 0 saturated heterocycles. The molecule has 0 aliphatic carbocycles. The molecule has 3 aromatic heterocycles. The number of imidazole rings is 1. The van der Waals surface area contributed by atoms with Crippen molar-refractivity contribution in [2.24, 2.45) is 4.99 Å². The minimum atomic E-state index is -0.683. The minimum absolute atomic E-state index is 0.141. The number of rotatable bonds is 4. The topological polar surface area (TPSA) is 88.9 Å². The fourth-order valence-corrected chi connectivity index (χ4v) is 2.83. The summed E-state index contributed by atoms with van der Waals surface area (Å²) in [4.78, 5) is 24.6. The van der Waals surface area contributed by atoms with E-state index in [4.69, 9.17) is 0 Å². The van der Waals surface area contributed by atoms with Crippen LogP contribution in [0.4, 0.5) is 8.78 Å². The molecule has 27 heavy (non-hydrogen) atoms. The maximum atomic E-state index is 13.7. The van der Waals surface area contributed by atoms with Crippen molar-refractivity contribution in [1.29, 1.82) is 0 Å². The molecule has 0 saturated carbocycles. The van der Waals surface area contributed by atoms with E-state index in [1.165, 1.54) is 47.3 Å². The Morgan fingerprint density at radius 1 is 1.11 bits per heavy atom. The monoisotopic (exact) mass is 370 g/mol. The SMILES string of the molecule is O=[N+]([O-])C1=CN(Cc2ccc(F)cn2)C(c2cnc3ccc(F)cn23)N=C1. The first-order valence-corrected chi connectivity index (χ1v) is 7.89. The zero-order chi connectivity index (χ0) is 19.0. The number of nitrogens with zero attached hydrogens (tertiary/aromatic N) is 6. The lowest BCUT2D eigenvalue weighted by Crippen LogP contribution is -2.28. The van der Waals surface area contributed by atoms with Crippen LogP contribution in [-0.4, -0.2) is 30.4 Å². The minimum Gasteiger partial charge on any atom is -0.339 e. The van der Waals surface area contributed by atoms with Crippen molar-refractivity contribution in [1.82, 2.24) is 19.3 Å². The number of nitro groups is 1. The highest BCUT2D eigenvalue weighted by atomic mass is 19.1. The molecule has 3 aromatic rings. The third kappa shape index (κ3) is 3.24. The van der Waals surface area contributed by atoms with E-state index in [2.05, 4.69) is 15.0 Å². The number of halogens is 2. The lowest BCUT2D eigenvalue weighted by atomic mass is 10.2. The second-order valence-electron chi connectivity index (χ2n) is 5.86. The van der Waals surface area contributed by atoms with Gasteiger partial charge in [-0.15, -0.1) is 0 Å². The largest absolute Gasteiger partial charge is 0.339 e. The van der Waals surface area contributed by atoms with E-state index >= 15 is 0 Å². The summed E-state index contributed by atoms with van der Waals surface area (Å²) < 4.78 is 28.3. The number of fused-ring (bicyclic) bond motifs is 1. The summed E-state index contributed by atoms with van der Waals surface area (Å²) in [5.41, 5.74) is 1.35. The van der Waals surface area contributed by atoms with E-state index in [1.807, 2.05) is 0 Å². The Morgan fingerprint density at radius 2 is 1.93 bits per heavy atom. The standard InChI is InChI=1S/C17H12F2N6O2/c18-11-1-3-13(20-5-11)9-23-10-14(25(26)27)6-22-17(23)15-7-21-16-4-2-12(19)8-24(15)16/h1-8,10,17H,9H2. The maximum Gasteiger partial charge on any atom is 0.302 e. The third-order valence-electron chi connectivity index (χ3n) is 4.07. The van der Waals surface area contributed by atoms with Crippen LogP contribution in [0.1, 0.15) is 17.6 Å². The Bertz CT molecular complexity index is 1080. The molecular formula is C17H12F2N6O2. The van der Waals surface area contributed by atoms with Gasteiger partial charge >= 0.3 is 5.70 Å². The highest BCUT2D eigenvalue weighted by molar-refractivity contribution is 5.76. The summed E-state index contributed by atoms with van der Waals surface area (Å²) in [6, 6.07) is 5.56. The van der Waals surface area contributed by atoms with Gasteiger partial charge in [0.2, 0.25) is 0 Å². The van der Waals surface area contributed by atoms with Gasteiger partial charge in [-0.25, -0.2) is 13.8 Å². The number of hydrogen-bond acceptors (Lipinski definition) is 6. The van der Waals surface area contributed by atoms with Crippen molar-refractivity contribution >= 4 is 11.9 Å². The van der Waals surface area contributed by atoms with Crippen LogP contribution >= 0.6 is 0 Å². The van der Waals surface area contributed by atoms with Crippen molar-refractivity contribution in [2.45, 2.75) is 12.7 Å². The molecule has 0 amide bonds. The molecule has 1 aliphatic heterocycles. The molecule has 1 atom stereocenters. The summed E-state index contributed by atoms with van der Waals surface area (Å²) in [6.45, 7) is 0.141.